The van der Waals surface area contributed by atoms with Gasteiger partial charge in [-0.1, -0.05) is 31.2 Å². The van der Waals surface area contributed by atoms with Gasteiger partial charge in [-0.25, -0.2) is 0 Å². The van der Waals surface area contributed by atoms with Crippen LogP contribution >= 0.6 is 0 Å². The van der Waals surface area contributed by atoms with Gasteiger partial charge in [0.05, 0.1) is 11.7 Å². The second kappa shape index (κ2) is 4.49. The second-order valence-corrected chi connectivity index (χ2v) is 3.99. The van der Waals surface area contributed by atoms with Crippen LogP contribution in [0, 0.1) is 0 Å². The molecule has 3 heteroatoms. The van der Waals surface area contributed by atoms with Crippen molar-refractivity contribution in [2.75, 3.05) is 0 Å². The molecule has 0 aliphatic carbocycles. The van der Waals surface area contributed by atoms with Crippen molar-refractivity contribution >= 4 is 0 Å². The molecule has 1 aromatic carbocycles. The number of hydrogen-bond acceptors (Lipinski definition) is 2. The fourth-order valence-electron chi connectivity index (χ4n) is 1.78. The average molecular weight is 215 g/mol. The third kappa shape index (κ3) is 2.14. The van der Waals surface area contributed by atoms with Crippen molar-refractivity contribution in [3.8, 4) is 0 Å². The molecule has 0 bridgehead atoms. The molecule has 1 atom stereocenters. The predicted octanol–water partition coefficient (Wildman–Crippen LogP) is 2.03. The van der Waals surface area contributed by atoms with Crippen LogP contribution in [0.2, 0.25) is 0 Å². The molecule has 3 nitrogen and oxygen atoms in total. The Morgan fingerprint density at radius 1 is 1.38 bits per heavy atom. The molecule has 2 rings (SSSR count). The van der Waals surface area contributed by atoms with E-state index in [1.54, 1.807) is 4.68 Å². The maximum absolute atomic E-state index is 6.18. The van der Waals surface area contributed by atoms with E-state index in [1.807, 2.05) is 19.3 Å². The summed E-state index contributed by atoms with van der Waals surface area (Å²) >= 11 is 0. The molecular formula is C13H17N3. The molecule has 1 heterocycles. The highest BCUT2D eigenvalue weighted by molar-refractivity contribution is 5.30. The number of aryl methyl sites for hydroxylation is 2. The summed E-state index contributed by atoms with van der Waals surface area (Å²) in [6, 6.07) is 10.2. The summed E-state index contributed by atoms with van der Waals surface area (Å²) < 4.78 is 1.78. The van der Waals surface area contributed by atoms with Gasteiger partial charge in [0.15, 0.2) is 0 Å². The topological polar surface area (TPSA) is 43.8 Å². The van der Waals surface area contributed by atoms with Crippen LogP contribution in [0.15, 0.2) is 36.5 Å². The first-order chi connectivity index (χ1) is 7.70. The van der Waals surface area contributed by atoms with Crippen LogP contribution < -0.4 is 5.73 Å². The van der Waals surface area contributed by atoms with Crippen LogP contribution in [0.25, 0.3) is 0 Å². The van der Waals surface area contributed by atoms with Gasteiger partial charge in [-0.3, -0.25) is 4.68 Å². The van der Waals surface area contributed by atoms with Gasteiger partial charge >= 0.3 is 0 Å². The molecular weight excluding hydrogens is 198 g/mol. The van der Waals surface area contributed by atoms with Crippen molar-refractivity contribution in [1.82, 2.24) is 9.78 Å². The summed E-state index contributed by atoms with van der Waals surface area (Å²) in [5.74, 6) is 0. The van der Waals surface area contributed by atoms with Gasteiger partial charge in [-0.2, -0.15) is 5.10 Å². The number of nitrogens with zero attached hydrogens (tertiary/aromatic N) is 2. The molecule has 0 radical (unpaired) electrons. The van der Waals surface area contributed by atoms with Crippen LogP contribution in [0.5, 0.6) is 0 Å². The third-order valence-corrected chi connectivity index (χ3v) is 2.77. The molecule has 16 heavy (non-hydrogen) atoms. The zero-order valence-corrected chi connectivity index (χ0v) is 9.72. The molecule has 2 aromatic rings. The monoisotopic (exact) mass is 215 g/mol. The number of hydrogen-bond donors (Lipinski definition) is 1. The minimum absolute atomic E-state index is 0.132. The Labute approximate surface area is 95.9 Å². The van der Waals surface area contributed by atoms with Crippen molar-refractivity contribution in [1.29, 1.82) is 0 Å². The quantitative estimate of drug-likeness (QED) is 0.851. The van der Waals surface area contributed by atoms with Gasteiger partial charge in [-0.15, -0.1) is 0 Å². The maximum Gasteiger partial charge on any atom is 0.0837 e. The van der Waals surface area contributed by atoms with E-state index in [0.717, 1.165) is 17.7 Å². The maximum atomic E-state index is 6.18. The summed E-state index contributed by atoms with van der Waals surface area (Å²) in [6.07, 6.45) is 2.95. The molecule has 0 saturated heterocycles. The molecule has 0 aliphatic heterocycles. The summed E-state index contributed by atoms with van der Waals surface area (Å²) in [7, 11) is 1.90. The van der Waals surface area contributed by atoms with Crippen LogP contribution in [-0.4, -0.2) is 9.78 Å². The van der Waals surface area contributed by atoms with Crippen LogP contribution in [0.1, 0.15) is 29.8 Å². The standard InChI is InChI=1S/C13H17N3/c1-3-10-5-4-6-11(9-10)13(14)12-7-8-16(2)15-12/h4-9,13H,3,14H2,1-2H3. The van der Waals surface area contributed by atoms with E-state index >= 15 is 0 Å². The predicted molar refractivity (Wildman–Crippen MR) is 65.1 cm³/mol. The lowest BCUT2D eigenvalue weighted by Crippen LogP contribution is -2.13. The lowest BCUT2D eigenvalue weighted by atomic mass is 10.0. The van der Waals surface area contributed by atoms with Gasteiger partial charge in [0.2, 0.25) is 0 Å². The SMILES string of the molecule is CCc1cccc(C(N)c2ccn(C)n2)c1. The zero-order valence-electron chi connectivity index (χ0n) is 9.72. The highest BCUT2D eigenvalue weighted by Crippen LogP contribution is 2.18. The largest absolute Gasteiger partial charge is 0.319 e. The van der Waals surface area contributed by atoms with E-state index in [-0.39, 0.29) is 6.04 Å². The first kappa shape index (κ1) is 10.9. The van der Waals surface area contributed by atoms with Crippen molar-refractivity contribution in [3.05, 3.63) is 53.3 Å². The Balaban J connectivity index is 2.29. The van der Waals surface area contributed by atoms with Gasteiger partial charge in [0, 0.05) is 13.2 Å². The lowest BCUT2D eigenvalue weighted by Gasteiger charge is -2.10. The highest BCUT2D eigenvalue weighted by Gasteiger charge is 2.11. The van der Waals surface area contributed by atoms with E-state index < -0.39 is 0 Å². The Morgan fingerprint density at radius 2 is 2.19 bits per heavy atom. The van der Waals surface area contributed by atoms with E-state index in [0.29, 0.717) is 0 Å². The Morgan fingerprint density at radius 3 is 2.81 bits per heavy atom. The number of rotatable bonds is 3. The Hall–Kier alpha value is -1.61. The molecule has 2 N–H and O–H groups in total. The van der Waals surface area contributed by atoms with E-state index in [4.69, 9.17) is 5.73 Å². The number of aromatic nitrogens is 2. The van der Waals surface area contributed by atoms with Crippen LogP contribution in [-0.2, 0) is 13.5 Å². The average Bonchev–Trinajstić information content (AvgIpc) is 2.75. The minimum atomic E-state index is -0.132. The van der Waals surface area contributed by atoms with Crippen LogP contribution in [0.3, 0.4) is 0 Å². The Bertz CT molecular complexity index is 474. The fraction of sp³-hybridized carbons (Fsp3) is 0.308. The molecule has 1 unspecified atom stereocenters. The normalized spacial score (nSPS) is 12.7. The number of benzene rings is 1. The minimum Gasteiger partial charge on any atom is -0.319 e. The molecule has 0 aliphatic rings. The van der Waals surface area contributed by atoms with Crippen molar-refractivity contribution < 1.29 is 0 Å². The van der Waals surface area contributed by atoms with Gasteiger partial charge in [-0.05, 0) is 23.6 Å². The molecule has 0 fully saturated rings. The fourth-order valence-corrected chi connectivity index (χ4v) is 1.78. The van der Waals surface area contributed by atoms with E-state index in [2.05, 4.69) is 36.3 Å². The summed E-state index contributed by atoms with van der Waals surface area (Å²) in [4.78, 5) is 0. The first-order valence-corrected chi connectivity index (χ1v) is 5.54. The molecule has 0 amide bonds. The smallest absolute Gasteiger partial charge is 0.0837 e. The lowest BCUT2D eigenvalue weighted by molar-refractivity contribution is 0.715. The van der Waals surface area contributed by atoms with Crippen molar-refractivity contribution in [2.24, 2.45) is 12.8 Å². The summed E-state index contributed by atoms with van der Waals surface area (Å²) in [5, 5.41) is 4.33. The molecule has 84 valence electrons. The number of nitrogens with two attached hydrogens (primary N) is 1. The Kier molecular flexibility index (Phi) is 3.06. The summed E-state index contributed by atoms with van der Waals surface area (Å²) in [6.45, 7) is 2.14. The van der Waals surface area contributed by atoms with Gasteiger partial charge < -0.3 is 5.73 Å². The van der Waals surface area contributed by atoms with Crippen LogP contribution in [0.4, 0.5) is 0 Å². The molecule has 0 saturated carbocycles. The summed E-state index contributed by atoms with van der Waals surface area (Å²) in [5.41, 5.74) is 9.52. The van der Waals surface area contributed by atoms with Crippen molar-refractivity contribution in [2.45, 2.75) is 19.4 Å². The van der Waals surface area contributed by atoms with E-state index in [1.165, 1.54) is 5.56 Å². The van der Waals surface area contributed by atoms with Gasteiger partial charge in [0.1, 0.15) is 0 Å². The van der Waals surface area contributed by atoms with Crippen molar-refractivity contribution in [3.63, 3.8) is 0 Å². The molecule has 1 aromatic heterocycles. The van der Waals surface area contributed by atoms with Gasteiger partial charge in [0.25, 0.3) is 0 Å². The first-order valence-electron chi connectivity index (χ1n) is 5.54. The molecule has 0 spiro atoms. The zero-order chi connectivity index (χ0) is 11.5. The highest BCUT2D eigenvalue weighted by atomic mass is 15.3. The van der Waals surface area contributed by atoms with E-state index in [9.17, 15) is 0 Å². The third-order valence-electron chi connectivity index (χ3n) is 2.77. The second-order valence-electron chi connectivity index (χ2n) is 3.99.